The predicted molar refractivity (Wildman–Crippen MR) is 103 cm³/mol. The number of para-hydroxylation sites is 2. The molecule has 2 aromatic rings. The van der Waals surface area contributed by atoms with E-state index in [4.69, 9.17) is 16.3 Å². The predicted octanol–water partition coefficient (Wildman–Crippen LogP) is 3.06. The number of rotatable bonds is 5. The number of hydrogen-bond acceptors (Lipinski definition) is 5. The maximum atomic E-state index is 12.6. The summed E-state index contributed by atoms with van der Waals surface area (Å²) in [5.41, 5.74) is 0.756. The Balaban J connectivity index is 1.86. The first-order valence-electron chi connectivity index (χ1n) is 8.22. The lowest BCUT2D eigenvalue weighted by Crippen LogP contribution is -2.29. The van der Waals surface area contributed by atoms with Gasteiger partial charge in [-0.25, -0.2) is 12.7 Å². The Kier molecular flexibility index (Phi) is 5.38. The molecule has 0 unspecified atom stereocenters. The summed E-state index contributed by atoms with van der Waals surface area (Å²) in [7, 11) is -3.69. The van der Waals surface area contributed by atoms with Gasteiger partial charge in [0.1, 0.15) is 5.75 Å². The molecule has 1 aliphatic rings. The molecule has 0 aromatic heterocycles. The molecule has 2 amide bonds. The summed E-state index contributed by atoms with van der Waals surface area (Å²) in [6, 6.07) is 11.0. The average molecular weight is 409 g/mol. The van der Waals surface area contributed by atoms with Crippen molar-refractivity contribution in [1.82, 2.24) is 0 Å². The van der Waals surface area contributed by atoms with E-state index in [1.165, 1.54) is 18.2 Å². The highest BCUT2D eigenvalue weighted by atomic mass is 35.5. The van der Waals surface area contributed by atoms with Crippen LogP contribution in [0.25, 0.3) is 0 Å². The lowest BCUT2D eigenvalue weighted by Gasteiger charge is -2.16. The topological polar surface area (TPSA) is 92.8 Å². The number of benzene rings is 2. The van der Waals surface area contributed by atoms with Crippen molar-refractivity contribution in [3.05, 3.63) is 53.1 Å². The smallest absolute Gasteiger partial charge is 0.257 e. The minimum Gasteiger partial charge on any atom is -0.492 e. The number of carbonyl (C=O) groups is 2. The Bertz CT molecular complexity index is 1010. The van der Waals surface area contributed by atoms with Gasteiger partial charge in [-0.05, 0) is 37.3 Å². The van der Waals surface area contributed by atoms with Gasteiger partial charge in [-0.3, -0.25) is 9.59 Å². The minimum absolute atomic E-state index is 0.0359. The van der Waals surface area contributed by atoms with Gasteiger partial charge in [0.2, 0.25) is 15.9 Å². The van der Waals surface area contributed by atoms with E-state index in [0.29, 0.717) is 18.0 Å². The van der Waals surface area contributed by atoms with Crippen LogP contribution in [-0.2, 0) is 14.8 Å². The highest BCUT2D eigenvalue weighted by Gasteiger charge is 2.36. The zero-order valence-corrected chi connectivity index (χ0v) is 16.0. The molecule has 1 N–H and O–H groups in total. The van der Waals surface area contributed by atoms with Crippen LogP contribution >= 0.6 is 11.6 Å². The quantitative estimate of drug-likeness (QED) is 0.820. The van der Waals surface area contributed by atoms with Crippen molar-refractivity contribution in [2.75, 3.05) is 22.0 Å². The van der Waals surface area contributed by atoms with E-state index in [1.54, 1.807) is 24.3 Å². The van der Waals surface area contributed by atoms with Crippen molar-refractivity contribution in [3.63, 3.8) is 0 Å². The van der Waals surface area contributed by atoms with Gasteiger partial charge >= 0.3 is 0 Å². The standard InChI is InChI=1S/C18H17ClN2O5S/c1-2-26-16-6-4-3-5-15(16)20-18(23)13-8-7-12(11-14(13)19)21-17(22)9-10-27(21,24)25/h3-8,11H,2,9-10H2,1H3,(H,20,23). The second-order valence-electron chi connectivity index (χ2n) is 5.77. The maximum Gasteiger partial charge on any atom is 0.257 e. The highest BCUT2D eigenvalue weighted by molar-refractivity contribution is 7.94. The maximum absolute atomic E-state index is 12.6. The van der Waals surface area contributed by atoms with E-state index < -0.39 is 21.8 Å². The monoisotopic (exact) mass is 408 g/mol. The van der Waals surface area contributed by atoms with E-state index >= 15 is 0 Å². The summed E-state index contributed by atoms with van der Waals surface area (Å²) < 4.78 is 30.2. The molecule has 0 spiro atoms. The van der Waals surface area contributed by atoms with Crippen LogP contribution in [0.2, 0.25) is 5.02 Å². The number of anilines is 2. The second kappa shape index (κ2) is 7.58. The van der Waals surface area contributed by atoms with Gasteiger partial charge in [0.05, 0.1) is 34.3 Å². The molecule has 1 heterocycles. The van der Waals surface area contributed by atoms with Gasteiger partial charge in [-0.15, -0.1) is 0 Å². The Labute approximate surface area is 161 Å². The molecule has 0 saturated carbocycles. The third kappa shape index (κ3) is 3.91. The molecule has 1 fully saturated rings. The third-order valence-corrected chi connectivity index (χ3v) is 5.95. The van der Waals surface area contributed by atoms with E-state index in [1.807, 2.05) is 6.92 Å². The van der Waals surface area contributed by atoms with Gasteiger partial charge in [-0.1, -0.05) is 23.7 Å². The van der Waals surface area contributed by atoms with Crippen LogP contribution in [0.4, 0.5) is 11.4 Å². The molecule has 2 aromatic carbocycles. The Hall–Kier alpha value is -2.58. The Morgan fingerprint density at radius 2 is 2.00 bits per heavy atom. The summed E-state index contributed by atoms with van der Waals surface area (Å²) in [6.45, 7) is 2.28. The summed E-state index contributed by atoms with van der Waals surface area (Å²) in [6.07, 6.45) is -0.0730. The fourth-order valence-electron chi connectivity index (χ4n) is 2.72. The molecule has 1 aliphatic heterocycles. The van der Waals surface area contributed by atoms with Crippen LogP contribution in [0.15, 0.2) is 42.5 Å². The molecule has 3 rings (SSSR count). The van der Waals surface area contributed by atoms with Gasteiger partial charge in [0.25, 0.3) is 5.91 Å². The highest BCUT2D eigenvalue weighted by Crippen LogP contribution is 2.30. The zero-order valence-electron chi connectivity index (χ0n) is 14.4. The van der Waals surface area contributed by atoms with E-state index in [2.05, 4.69) is 5.32 Å². The molecular weight excluding hydrogens is 392 g/mol. The van der Waals surface area contributed by atoms with Crippen LogP contribution in [0.5, 0.6) is 5.75 Å². The molecule has 7 nitrogen and oxygen atoms in total. The van der Waals surface area contributed by atoms with Crippen molar-refractivity contribution < 1.29 is 22.7 Å². The lowest BCUT2D eigenvalue weighted by molar-refractivity contribution is -0.116. The van der Waals surface area contributed by atoms with Crippen molar-refractivity contribution in [1.29, 1.82) is 0 Å². The Morgan fingerprint density at radius 3 is 2.63 bits per heavy atom. The molecule has 142 valence electrons. The second-order valence-corrected chi connectivity index (χ2v) is 8.12. The molecule has 0 radical (unpaired) electrons. The number of carbonyl (C=O) groups excluding carboxylic acids is 2. The largest absolute Gasteiger partial charge is 0.492 e. The molecule has 0 aliphatic carbocycles. The third-order valence-electron chi connectivity index (χ3n) is 3.95. The lowest BCUT2D eigenvalue weighted by atomic mass is 10.1. The minimum atomic E-state index is -3.69. The molecule has 27 heavy (non-hydrogen) atoms. The average Bonchev–Trinajstić information content (AvgIpc) is 2.89. The molecule has 0 atom stereocenters. The number of hydrogen-bond donors (Lipinski definition) is 1. The van der Waals surface area contributed by atoms with Gasteiger partial charge < -0.3 is 10.1 Å². The SMILES string of the molecule is CCOc1ccccc1NC(=O)c1ccc(N2C(=O)CCS2(=O)=O)cc1Cl. The van der Waals surface area contributed by atoms with E-state index in [-0.39, 0.29) is 28.4 Å². The van der Waals surface area contributed by atoms with Crippen LogP contribution in [-0.4, -0.2) is 32.6 Å². The van der Waals surface area contributed by atoms with Crippen LogP contribution in [0.1, 0.15) is 23.7 Å². The first-order chi connectivity index (χ1) is 12.8. The van der Waals surface area contributed by atoms with Crippen molar-refractivity contribution in [2.45, 2.75) is 13.3 Å². The molecular formula is C18H17ClN2O5S. The fraction of sp³-hybridized carbons (Fsp3) is 0.222. The Morgan fingerprint density at radius 1 is 1.26 bits per heavy atom. The normalized spacial score (nSPS) is 15.6. The summed E-state index contributed by atoms with van der Waals surface area (Å²) in [5.74, 6) is -0.710. The van der Waals surface area contributed by atoms with Crippen LogP contribution in [0, 0.1) is 0 Å². The van der Waals surface area contributed by atoms with Crippen molar-refractivity contribution in [3.8, 4) is 5.75 Å². The van der Waals surface area contributed by atoms with Gasteiger partial charge in [-0.2, -0.15) is 0 Å². The number of amides is 2. The van der Waals surface area contributed by atoms with E-state index in [0.717, 1.165) is 4.31 Å². The first kappa shape index (κ1) is 19.2. The zero-order chi connectivity index (χ0) is 19.6. The molecule has 9 heteroatoms. The summed E-state index contributed by atoms with van der Waals surface area (Å²) in [4.78, 5) is 24.4. The molecule has 1 saturated heterocycles. The summed E-state index contributed by atoms with van der Waals surface area (Å²) >= 11 is 6.19. The first-order valence-corrected chi connectivity index (χ1v) is 10.2. The van der Waals surface area contributed by atoms with Crippen molar-refractivity contribution in [2.24, 2.45) is 0 Å². The fourth-order valence-corrected chi connectivity index (χ4v) is 4.44. The van der Waals surface area contributed by atoms with Gasteiger partial charge in [0, 0.05) is 6.42 Å². The van der Waals surface area contributed by atoms with E-state index in [9.17, 15) is 18.0 Å². The van der Waals surface area contributed by atoms with Crippen molar-refractivity contribution >= 4 is 44.8 Å². The number of sulfonamides is 1. The van der Waals surface area contributed by atoms with Gasteiger partial charge in [0.15, 0.2) is 0 Å². The molecule has 0 bridgehead atoms. The van der Waals surface area contributed by atoms with Crippen LogP contribution in [0.3, 0.4) is 0 Å². The number of nitrogens with zero attached hydrogens (tertiary/aromatic N) is 1. The number of ether oxygens (including phenoxy) is 1. The van der Waals surface area contributed by atoms with Crippen LogP contribution < -0.4 is 14.4 Å². The number of nitrogens with one attached hydrogen (secondary N) is 1. The summed E-state index contributed by atoms with van der Waals surface area (Å²) in [5, 5.41) is 2.76. The number of halogens is 1.